The van der Waals surface area contributed by atoms with E-state index in [1.54, 1.807) is 0 Å². The minimum Gasteiger partial charge on any atom is -0.381 e. The largest absolute Gasteiger partial charge is 0.381 e. The van der Waals surface area contributed by atoms with Crippen LogP contribution in [0.1, 0.15) is 31.9 Å². The molecule has 3 rings (SSSR count). The molecule has 0 aliphatic carbocycles. The Bertz CT molecular complexity index is 648. The molecule has 0 saturated carbocycles. The maximum Gasteiger partial charge on any atom is 0.179 e. The van der Waals surface area contributed by atoms with Crippen LogP contribution in [0, 0.1) is 10.7 Å². The quantitative estimate of drug-likeness (QED) is 0.863. The summed E-state index contributed by atoms with van der Waals surface area (Å²) in [6.07, 6.45) is 4.38. The van der Waals surface area contributed by atoms with Crippen molar-refractivity contribution in [3.8, 4) is 0 Å². The van der Waals surface area contributed by atoms with Crippen molar-refractivity contribution >= 4 is 23.4 Å². The van der Waals surface area contributed by atoms with E-state index in [-0.39, 0.29) is 0 Å². The summed E-state index contributed by atoms with van der Waals surface area (Å²) < 4.78 is 10.4. The van der Waals surface area contributed by atoms with Crippen LogP contribution in [0.15, 0.2) is 0 Å². The molecule has 0 spiro atoms. The molecular weight excluding hydrogens is 272 g/mol. The molecule has 3 heterocycles. The average Bonchev–Trinajstić information content (AvgIpc) is 3.08. The Labute approximate surface area is 123 Å². The van der Waals surface area contributed by atoms with Crippen molar-refractivity contribution < 1.29 is 4.74 Å². The summed E-state index contributed by atoms with van der Waals surface area (Å²) in [6.45, 7) is 4.92. The number of H-pyrrole nitrogens is 1. The highest BCUT2D eigenvalue weighted by Gasteiger charge is 2.18. The van der Waals surface area contributed by atoms with E-state index in [1.807, 2.05) is 11.7 Å². The second-order valence-electron chi connectivity index (χ2n) is 5.62. The highest BCUT2D eigenvalue weighted by molar-refractivity contribution is 7.71. The van der Waals surface area contributed by atoms with Gasteiger partial charge in [-0.25, -0.2) is 0 Å². The summed E-state index contributed by atoms with van der Waals surface area (Å²) in [5.74, 6) is 0.671. The first-order valence-corrected chi connectivity index (χ1v) is 7.83. The Kier molecular flexibility index (Phi) is 3.94. The molecule has 1 aliphatic rings. The van der Waals surface area contributed by atoms with Crippen LogP contribution < -0.4 is 0 Å². The van der Waals surface area contributed by atoms with Crippen molar-refractivity contribution in [2.24, 2.45) is 13.0 Å². The van der Waals surface area contributed by atoms with Crippen LogP contribution >= 0.6 is 12.2 Å². The number of nitrogens with one attached hydrogen (secondary N) is 1. The van der Waals surface area contributed by atoms with E-state index in [0.717, 1.165) is 60.6 Å². The minimum absolute atomic E-state index is 0.671. The van der Waals surface area contributed by atoms with Gasteiger partial charge in [-0.3, -0.25) is 4.68 Å². The van der Waals surface area contributed by atoms with E-state index < -0.39 is 0 Å². The Morgan fingerprint density at radius 1 is 1.50 bits per heavy atom. The summed E-state index contributed by atoms with van der Waals surface area (Å²) in [5, 5.41) is 4.61. The van der Waals surface area contributed by atoms with Gasteiger partial charge in [0.2, 0.25) is 0 Å². The fourth-order valence-corrected chi connectivity index (χ4v) is 3.30. The van der Waals surface area contributed by atoms with E-state index in [9.17, 15) is 0 Å². The predicted octanol–water partition coefficient (Wildman–Crippen LogP) is 2.81. The SMILES string of the molecule is CCCc1nn(C)c2c1[nH]c(=S)n2CCC1CCOC1. The average molecular weight is 294 g/mol. The van der Waals surface area contributed by atoms with Crippen molar-refractivity contribution in [3.05, 3.63) is 10.5 Å². The molecule has 1 N–H and O–H groups in total. The van der Waals surface area contributed by atoms with Crippen molar-refractivity contribution in [2.45, 2.75) is 39.2 Å². The lowest BCUT2D eigenvalue weighted by molar-refractivity contribution is 0.183. The molecule has 1 atom stereocenters. The highest BCUT2D eigenvalue weighted by atomic mass is 32.1. The van der Waals surface area contributed by atoms with Crippen LogP contribution in [0.25, 0.3) is 11.2 Å². The third-order valence-corrected chi connectivity index (χ3v) is 4.42. The van der Waals surface area contributed by atoms with Gasteiger partial charge in [-0.05, 0) is 37.4 Å². The Balaban J connectivity index is 1.89. The van der Waals surface area contributed by atoms with E-state index in [2.05, 4.69) is 21.6 Å². The van der Waals surface area contributed by atoms with Gasteiger partial charge in [0.15, 0.2) is 10.4 Å². The molecule has 1 saturated heterocycles. The van der Waals surface area contributed by atoms with Crippen LogP contribution in [-0.4, -0.2) is 32.5 Å². The number of hydrogen-bond acceptors (Lipinski definition) is 3. The van der Waals surface area contributed by atoms with E-state index in [4.69, 9.17) is 17.0 Å². The summed E-state index contributed by atoms with van der Waals surface area (Å²) in [4.78, 5) is 3.34. The molecular formula is C14H22N4OS. The number of aromatic nitrogens is 4. The van der Waals surface area contributed by atoms with Gasteiger partial charge in [-0.15, -0.1) is 0 Å². The van der Waals surface area contributed by atoms with Crippen molar-refractivity contribution in [1.29, 1.82) is 0 Å². The highest BCUT2D eigenvalue weighted by Crippen LogP contribution is 2.22. The van der Waals surface area contributed by atoms with Gasteiger partial charge in [0.1, 0.15) is 5.52 Å². The van der Waals surface area contributed by atoms with Gasteiger partial charge in [-0.2, -0.15) is 5.10 Å². The van der Waals surface area contributed by atoms with Crippen molar-refractivity contribution in [2.75, 3.05) is 13.2 Å². The topological polar surface area (TPSA) is 47.8 Å². The van der Waals surface area contributed by atoms with Crippen LogP contribution in [0.4, 0.5) is 0 Å². The zero-order valence-corrected chi connectivity index (χ0v) is 13.0. The molecule has 6 heteroatoms. The van der Waals surface area contributed by atoms with Crippen molar-refractivity contribution in [1.82, 2.24) is 19.3 Å². The lowest BCUT2D eigenvalue weighted by atomic mass is 10.1. The fourth-order valence-electron chi connectivity index (χ4n) is 3.02. The van der Waals surface area contributed by atoms with Gasteiger partial charge >= 0.3 is 0 Å². The van der Waals surface area contributed by atoms with Crippen molar-refractivity contribution in [3.63, 3.8) is 0 Å². The van der Waals surface area contributed by atoms with E-state index >= 15 is 0 Å². The molecule has 1 fully saturated rings. The number of nitrogens with zero attached hydrogens (tertiary/aromatic N) is 3. The molecule has 0 radical (unpaired) electrons. The zero-order valence-electron chi connectivity index (χ0n) is 12.2. The first-order chi connectivity index (χ1) is 9.70. The smallest absolute Gasteiger partial charge is 0.179 e. The number of aromatic amines is 1. The molecule has 2 aromatic heterocycles. The monoisotopic (exact) mass is 294 g/mol. The maximum atomic E-state index is 5.49. The number of ether oxygens (including phenoxy) is 1. The van der Waals surface area contributed by atoms with Gasteiger partial charge < -0.3 is 14.3 Å². The predicted molar refractivity (Wildman–Crippen MR) is 81.4 cm³/mol. The normalized spacial score (nSPS) is 19.2. The standard InChI is InChI=1S/C14H22N4OS/c1-3-4-11-12-13(17(2)16-11)18(14(20)15-12)7-5-10-6-8-19-9-10/h10H,3-9H2,1-2H3,(H,15,20). The second kappa shape index (κ2) is 5.69. The molecule has 5 nitrogen and oxygen atoms in total. The first kappa shape index (κ1) is 13.8. The third-order valence-electron chi connectivity index (χ3n) is 4.09. The molecule has 0 aromatic carbocycles. The molecule has 0 amide bonds. The minimum atomic E-state index is 0.671. The lowest BCUT2D eigenvalue weighted by Crippen LogP contribution is -2.08. The lowest BCUT2D eigenvalue weighted by Gasteiger charge is -2.09. The molecule has 2 aromatic rings. The van der Waals surface area contributed by atoms with Gasteiger partial charge in [0.05, 0.1) is 5.69 Å². The van der Waals surface area contributed by atoms with E-state index in [1.165, 1.54) is 6.42 Å². The second-order valence-corrected chi connectivity index (χ2v) is 6.01. The van der Waals surface area contributed by atoms with E-state index in [0.29, 0.717) is 5.92 Å². The molecule has 0 bridgehead atoms. The summed E-state index contributed by atoms with van der Waals surface area (Å²) in [7, 11) is 2.00. The Morgan fingerprint density at radius 3 is 3.05 bits per heavy atom. The zero-order chi connectivity index (χ0) is 14.1. The molecule has 1 aliphatic heterocycles. The Morgan fingerprint density at radius 2 is 2.35 bits per heavy atom. The van der Waals surface area contributed by atoms with Crippen LogP contribution in [0.3, 0.4) is 0 Å². The number of imidazole rings is 1. The third kappa shape index (κ3) is 2.42. The van der Waals surface area contributed by atoms with Gasteiger partial charge in [0, 0.05) is 26.8 Å². The summed E-state index contributed by atoms with van der Waals surface area (Å²) in [6, 6.07) is 0. The number of hydrogen-bond donors (Lipinski definition) is 1. The van der Waals surface area contributed by atoms with Crippen LogP contribution in [-0.2, 0) is 24.8 Å². The summed E-state index contributed by atoms with van der Waals surface area (Å²) in [5.41, 5.74) is 3.36. The number of aryl methyl sites for hydroxylation is 3. The Hall–Kier alpha value is -1.14. The van der Waals surface area contributed by atoms with Crippen LogP contribution in [0.5, 0.6) is 0 Å². The number of fused-ring (bicyclic) bond motifs is 1. The molecule has 110 valence electrons. The molecule has 1 unspecified atom stereocenters. The maximum absolute atomic E-state index is 5.49. The number of rotatable bonds is 5. The first-order valence-electron chi connectivity index (χ1n) is 7.42. The summed E-state index contributed by atoms with van der Waals surface area (Å²) >= 11 is 5.49. The van der Waals surface area contributed by atoms with Crippen LogP contribution in [0.2, 0.25) is 0 Å². The molecule has 20 heavy (non-hydrogen) atoms. The van der Waals surface area contributed by atoms with Gasteiger partial charge in [0.25, 0.3) is 0 Å². The fraction of sp³-hybridized carbons (Fsp3) is 0.714. The van der Waals surface area contributed by atoms with Gasteiger partial charge in [-0.1, -0.05) is 13.3 Å².